The molecule has 0 bridgehead atoms. The van der Waals surface area contributed by atoms with E-state index >= 15 is 0 Å². The first-order valence-corrected chi connectivity index (χ1v) is 9.59. The SMILES string of the molecule is CC(=O)OC(=Cc1cc2c(cc1C)OCO2)c1sccc1S(N)(=O)=O. The van der Waals surface area contributed by atoms with Crippen LogP contribution in [0, 0.1) is 6.92 Å². The van der Waals surface area contributed by atoms with Gasteiger partial charge in [-0.1, -0.05) is 0 Å². The largest absolute Gasteiger partial charge is 0.454 e. The molecular weight excluding hydrogens is 366 g/mol. The summed E-state index contributed by atoms with van der Waals surface area (Å²) in [4.78, 5) is 11.7. The summed E-state index contributed by atoms with van der Waals surface area (Å²) in [6.45, 7) is 3.23. The molecule has 2 N–H and O–H groups in total. The van der Waals surface area contributed by atoms with Gasteiger partial charge in [-0.25, -0.2) is 13.6 Å². The van der Waals surface area contributed by atoms with E-state index in [0.29, 0.717) is 17.1 Å². The predicted molar refractivity (Wildman–Crippen MR) is 92.6 cm³/mol. The molecule has 0 aliphatic carbocycles. The highest BCUT2D eigenvalue weighted by Gasteiger charge is 2.22. The molecule has 0 unspecified atom stereocenters. The molecule has 0 amide bonds. The molecule has 2 aromatic rings. The molecule has 2 heterocycles. The lowest BCUT2D eigenvalue weighted by molar-refractivity contribution is -0.134. The van der Waals surface area contributed by atoms with E-state index in [-0.39, 0.29) is 22.3 Å². The topological polar surface area (TPSA) is 105 Å². The van der Waals surface area contributed by atoms with Crippen LogP contribution in [0.5, 0.6) is 11.5 Å². The Morgan fingerprint density at radius 2 is 2.00 bits per heavy atom. The molecule has 3 rings (SSSR count). The van der Waals surface area contributed by atoms with Gasteiger partial charge in [0.15, 0.2) is 11.5 Å². The fraction of sp³-hybridized carbons (Fsp3) is 0.188. The minimum atomic E-state index is -3.95. The van der Waals surface area contributed by atoms with Crippen molar-refractivity contribution >= 4 is 39.2 Å². The highest BCUT2D eigenvalue weighted by atomic mass is 32.2. The molecule has 1 aromatic heterocycles. The lowest BCUT2D eigenvalue weighted by Gasteiger charge is -2.09. The zero-order chi connectivity index (χ0) is 18.2. The van der Waals surface area contributed by atoms with Crippen molar-refractivity contribution in [1.29, 1.82) is 0 Å². The number of sulfonamides is 1. The fourth-order valence-electron chi connectivity index (χ4n) is 2.35. The van der Waals surface area contributed by atoms with Gasteiger partial charge in [0, 0.05) is 6.92 Å². The third-order valence-corrected chi connectivity index (χ3v) is 5.47. The van der Waals surface area contributed by atoms with Crippen molar-refractivity contribution < 1.29 is 27.4 Å². The van der Waals surface area contributed by atoms with Gasteiger partial charge < -0.3 is 14.2 Å². The summed E-state index contributed by atoms with van der Waals surface area (Å²) in [6, 6.07) is 4.92. The van der Waals surface area contributed by atoms with E-state index in [1.54, 1.807) is 23.6 Å². The first-order valence-electron chi connectivity index (χ1n) is 7.17. The molecule has 0 spiro atoms. The number of ether oxygens (including phenoxy) is 3. The summed E-state index contributed by atoms with van der Waals surface area (Å²) >= 11 is 1.12. The lowest BCUT2D eigenvalue weighted by Crippen LogP contribution is -2.13. The van der Waals surface area contributed by atoms with E-state index in [9.17, 15) is 13.2 Å². The van der Waals surface area contributed by atoms with Gasteiger partial charge in [0.1, 0.15) is 10.7 Å². The number of thiophene rings is 1. The normalized spacial score (nSPS) is 13.8. The van der Waals surface area contributed by atoms with E-state index in [4.69, 9.17) is 19.3 Å². The quantitative estimate of drug-likeness (QED) is 0.644. The molecule has 1 aliphatic heterocycles. The van der Waals surface area contributed by atoms with Crippen LogP contribution in [0.1, 0.15) is 22.9 Å². The van der Waals surface area contributed by atoms with Gasteiger partial charge in [-0.2, -0.15) is 0 Å². The summed E-state index contributed by atoms with van der Waals surface area (Å²) in [7, 11) is -3.95. The van der Waals surface area contributed by atoms with E-state index in [0.717, 1.165) is 16.9 Å². The molecule has 0 fully saturated rings. The molecule has 7 nitrogen and oxygen atoms in total. The highest BCUT2D eigenvalue weighted by Crippen LogP contribution is 2.37. The van der Waals surface area contributed by atoms with Gasteiger partial charge in [0.05, 0.1) is 4.88 Å². The van der Waals surface area contributed by atoms with Crippen molar-refractivity contribution in [1.82, 2.24) is 0 Å². The second-order valence-electron chi connectivity index (χ2n) is 5.32. The number of nitrogens with two attached hydrogens (primary N) is 1. The minimum absolute atomic E-state index is 0.0941. The number of benzene rings is 1. The Labute approximate surface area is 148 Å². The third-order valence-electron chi connectivity index (χ3n) is 3.46. The van der Waals surface area contributed by atoms with Gasteiger partial charge in [-0.05, 0) is 47.7 Å². The van der Waals surface area contributed by atoms with Crippen molar-refractivity contribution in [3.05, 3.63) is 39.6 Å². The Balaban J connectivity index is 2.13. The second kappa shape index (κ2) is 6.51. The smallest absolute Gasteiger partial charge is 0.308 e. The molecule has 132 valence electrons. The molecular formula is C16H15NO6S2. The molecule has 9 heteroatoms. The average Bonchev–Trinajstić information content (AvgIpc) is 3.13. The average molecular weight is 381 g/mol. The molecule has 25 heavy (non-hydrogen) atoms. The first-order chi connectivity index (χ1) is 11.8. The van der Waals surface area contributed by atoms with Crippen LogP contribution in [-0.4, -0.2) is 21.2 Å². The standard InChI is InChI=1S/C16H15NO6S2/c1-9-5-12-13(22-8-21-12)6-11(9)7-14(23-10(2)18)16-15(3-4-24-16)25(17,19)20/h3-7H,8H2,1-2H3,(H2,17,19,20). The van der Waals surface area contributed by atoms with Crippen LogP contribution in [0.15, 0.2) is 28.5 Å². The van der Waals surface area contributed by atoms with Gasteiger partial charge in [-0.3, -0.25) is 4.79 Å². The molecule has 0 saturated heterocycles. The number of hydrogen-bond donors (Lipinski definition) is 1. The Morgan fingerprint density at radius 1 is 1.32 bits per heavy atom. The third kappa shape index (κ3) is 3.68. The lowest BCUT2D eigenvalue weighted by atomic mass is 10.1. The number of aryl methyl sites for hydroxylation is 1. The highest BCUT2D eigenvalue weighted by molar-refractivity contribution is 7.89. The summed E-state index contributed by atoms with van der Waals surface area (Å²) in [6.07, 6.45) is 1.58. The van der Waals surface area contributed by atoms with Crippen molar-refractivity contribution in [3.8, 4) is 11.5 Å². The van der Waals surface area contributed by atoms with Crippen molar-refractivity contribution in [3.63, 3.8) is 0 Å². The first kappa shape index (κ1) is 17.5. The van der Waals surface area contributed by atoms with Crippen LogP contribution < -0.4 is 14.6 Å². The molecule has 0 radical (unpaired) electrons. The van der Waals surface area contributed by atoms with Crippen LogP contribution in [0.25, 0.3) is 11.8 Å². The van der Waals surface area contributed by atoms with Crippen LogP contribution in [0.2, 0.25) is 0 Å². The monoisotopic (exact) mass is 381 g/mol. The Kier molecular flexibility index (Phi) is 4.55. The number of esters is 1. The number of carbonyl (C=O) groups is 1. The number of primary sulfonamides is 1. The predicted octanol–water partition coefficient (Wildman–Crippen LogP) is 2.49. The summed E-state index contributed by atoms with van der Waals surface area (Å²) in [5.74, 6) is 0.730. The summed E-state index contributed by atoms with van der Waals surface area (Å²) < 4.78 is 39.4. The number of carbonyl (C=O) groups excluding carboxylic acids is 1. The fourth-order valence-corrected chi connectivity index (χ4v) is 4.29. The Bertz CT molecular complexity index is 975. The van der Waals surface area contributed by atoms with Crippen LogP contribution >= 0.6 is 11.3 Å². The van der Waals surface area contributed by atoms with E-state index in [1.165, 1.54) is 13.0 Å². The number of rotatable bonds is 4. The van der Waals surface area contributed by atoms with Crippen molar-refractivity contribution in [2.24, 2.45) is 5.14 Å². The number of hydrogen-bond acceptors (Lipinski definition) is 7. The maximum absolute atomic E-state index is 11.8. The maximum Gasteiger partial charge on any atom is 0.308 e. The van der Waals surface area contributed by atoms with Crippen LogP contribution in [0.4, 0.5) is 0 Å². The van der Waals surface area contributed by atoms with Gasteiger partial charge in [0.25, 0.3) is 0 Å². The Morgan fingerprint density at radius 3 is 2.64 bits per heavy atom. The van der Waals surface area contributed by atoms with Gasteiger partial charge in [0.2, 0.25) is 16.8 Å². The second-order valence-corrected chi connectivity index (χ2v) is 7.77. The molecule has 0 atom stereocenters. The summed E-state index contributed by atoms with van der Waals surface area (Å²) in [5, 5.41) is 6.81. The minimum Gasteiger partial charge on any atom is -0.454 e. The van der Waals surface area contributed by atoms with Crippen LogP contribution in [-0.2, 0) is 19.6 Å². The molecule has 0 saturated carbocycles. The van der Waals surface area contributed by atoms with E-state index in [1.807, 2.05) is 6.92 Å². The van der Waals surface area contributed by atoms with E-state index < -0.39 is 16.0 Å². The van der Waals surface area contributed by atoms with E-state index in [2.05, 4.69) is 0 Å². The van der Waals surface area contributed by atoms with Crippen molar-refractivity contribution in [2.45, 2.75) is 18.7 Å². The maximum atomic E-state index is 11.8. The Hall–Kier alpha value is -2.36. The zero-order valence-electron chi connectivity index (χ0n) is 13.4. The van der Waals surface area contributed by atoms with Gasteiger partial charge in [-0.15, -0.1) is 11.3 Å². The molecule has 1 aromatic carbocycles. The zero-order valence-corrected chi connectivity index (χ0v) is 15.1. The number of fused-ring (bicyclic) bond motifs is 1. The van der Waals surface area contributed by atoms with Crippen LogP contribution in [0.3, 0.4) is 0 Å². The van der Waals surface area contributed by atoms with Crippen molar-refractivity contribution in [2.75, 3.05) is 6.79 Å². The molecule has 1 aliphatic rings. The van der Waals surface area contributed by atoms with Gasteiger partial charge >= 0.3 is 5.97 Å². The summed E-state index contributed by atoms with van der Waals surface area (Å²) in [5.41, 5.74) is 1.55.